The van der Waals surface area contributed by atoms with Gasteiger partial charge in [-0.25, -0.2) is 14.4 Å². The van der Waals surface area contributed by atoms with Crippen molar-refractivity contribution >= 4 is 11.7 Å². The molecule has 4 rings (SSSR count). The fourth-order valence-corrected chi connectivity index (χ4v) is 3.64. The van der Waals surface area contributed by atoms with Crippen LogP contribution in [-0.2, 0) is 17.8 Å². The van der Waals surface area contributed by atoms with E-state index < -0.39 is 0 Å². The zero-order valence-electron chi connectivity index (χ0n) is 14.3. The lowest BCUT2D eigenvalue weighted by Gasteiger charge is -2.30. The lowest BCUT2D eigenvalue weighted by atomic mass is 10.0. The summed E-state index contributed by atoms with van der Waals surface area (Å²) in [5.41, 5.74) is 2.75. The molecule has 3 heterocycles. The lowest BCUT2D eigenvalue weighted by Crippen LogP contribution is -2.36. The first-order valence-electron chi connectivity index (χ1n) is 8.75. The summed E-state index contributed by atoms with van der Waals surface area (Å²) in [6, 6.07) is 6.38. The Morgan fingerprint density at radius 2 is 2.20 bits per heavy atom. The van der Waals surface area contributed by atoms with Gasteiger partial charge in [0.15, 0.2) is 0 Å². The maximum Gasteiger partial charge on any atom is 0.228 e. The third kappa shape index (κ3) is 3.14. The van der Waals surface area contributed by atoms with Crippen molar-refractivity contribution < 1.29 is 9.18 Å². The van der Waals surface area contributed by atoms with Crippen LogP contribution < -0.4 is 10.2 Å². The molecular formula is C19H21FN4O. The number of benzene rings is 1. The molecule has 1 saturated heterocycles. The Balaban J connectivity index is 1.72. The molecule has 1 fully saturated rings. The maximum atomic E-state index is 13.5. The predicted octanol–water partition coefficient (Wildman–Crippen LogP) is 2.48. The predicted molar refractivity (Wildman–Crippen MR) is 92.9 cm³/mol. The molecule has 0 unspecified atom stereocenters. The lowest BCUT2D eigenvalue weighted by molar-refractivity contribution is -0.119. The first-order chi connectivity index (χ1) is 12.1. The quantitative estimate of drug-likeness (QED) is 0.933. The van der Waals surface area contributed by atoms with Crippen LogP contribution in [0.3, 0.4) is 0 Å². The maximum absolute atomic E-state index is 13.5. The van der Waals surface area contributed by atoms with E-state index in [0.717, 1.165) is 42.2 Å². The van der Waals surface area contributed by atoms with E-state index in [1.807, 2.05) is 13.0 Å². The van der Waals surface area contributed by atoms with Gasteiger partial charge in [0.1, 0.15) is 17.5 Å². The molecule has 6 heteroatoms. The van der Waals surface area contributed by atoms with Gasteiger partial charge in [-0.1, -0.05) is 12.1 Å². The van der Waals surface area contributed by atoms with Crippen LogP contribution in [0.25, 0.3) is 0 Å². The molecule has 0 spiro atoms. The van der Waals surface area contributed by atoms with E-state index in [-0.39, 0.29) is 17.6 Å². The Morgan fingerprint density at radius 3 is 2.96 bits per heavy atom. The molecule has 2 aromatic rings. The summed E-state index contributed by atoms with van der Waals surface area (Å²) in [6.07, 6.45) is 2.12. The number of hydrogen-bond donors (Lipinski definition) is 1. The van der Waals surface area contributed by atoms with Gasteiger partial charge in [0, 0.05) is 30.1 Å². The zero-order valence-corrected chi connectivity index (χ0v) is 14.3. The molecule has 25 heavy (non-hydrogen) atoms. The summed E-state index contributed by atoms with van der Waals surface area (Å²) in [5, 5.41) is 3.33. The van der Waals surface area contributed by atoms with E-state index >= 15 is 0 Å². The molecule has 0 aliphatic carbocycles. The molecule has 0 saturated carbocycles. The standard InChI is InChI=1S/C19H21FN4O/c1-12-16-5-6-17(25)24(11-13-3-2-4-15(20)9-13)19(16)23-18(22-12)14-7-8-21-10-14/h2-4,9,14,21H,5-8,10-11H2,1H3/t14-/m0/s1. The summed E-state index contributed by atoms with van der Waals surface area (Å²) >= 11 is 0. The molecule has 1 aromatic carbocycles. The smallest absolute Gasteiger partial charge is 0.228 e. The number of nitrogens with one attached hydrogen (secondary N) is 1. The summed E-state index contributed by atoms with van der Waals surface area (Å²) in [7, 11) is 0. The molecule has 0 radical (unpaired) electrons. The molecule has 1 aromatic heterocycles. The fraction of sp³-hybridized carbons (Fsp3) is 0.421. The molecule has 130 valence electrons. The minimum Gasteiger partial charge on any atom is -0.316 e. The van der Waals surface area contributed by atoms with E-state index in [2.05, 4.69) is 5.32 Å². The number of carbonyl (C=O) groups excluding carboxylic acids is 1. The molecule has 1 amide bonds. The third-order valence-corrected chi connectivity index (χ3v) is 5.01. The second-order valence-electron chi connectivity index (χ2n) is 6.77. The van der Waals surface area contributed by atoms with E-state index in [0.29, 0.717) is 25.2 Å². The molecule has 1 N–H and O–H groups in total. The van der Waals surface area contributed by atoms with Crippen LogP contribution in [0.4, 0.5) is 10.2 Å². The number of anilines is 1. The average molecular weight is 340 g/mol. The SMILES string of the molecule is Cc1nc([C@H]2CCNC2)nc2c1CCC(=O)N2Cc1cccc(F)c1. The number of carbonyl (C=O) groups is 1. The highest BCUT2D eigenvalue weighted by Crippen LogP contribution is 2.31. The van der Waals surface area contributed by atoms with Gasteiger partial charge in [-0.05, 0) is 44.0 Å². The Hall–Kier alpha value is -2.34. The van der Waals surface area contributed by atoms with Gasteiger partial charge in [0.25, 0.3) is 0 Å². The minimum absolute atomic E-state index is 0.0327. The third-order valence-electron chi connectivity index (χ3n) is 5.01. The second kappa shape index (κ2) is 6.52. The Labute approximate surface area is 146 Å². The summed E-state index contributed by atoms with van der Waals surface area (Å²) in [6.45, 7) is 4.16. The molecule has 5 nitrogen and oxygen atoms in total. The van der Waals surface area contributed by atoms with E-state index in [1.165, 1.54) is 12.1 Å². The van der Waals surface area contributed by atoms with Gasteiger partial charge < -0.3 is 5.32 Å². The average Bonchev–Trinajstić information content (AvgIpc) is 3.12. The van der Waals surface area contributed by atoms with Gasteiger partial charge in [-0.3, -0.25) is 9.69 Å². The van der Waals surface area contributed by atoms with Crippen molar-refractivity contribution in [1.82, 2.24) is 15.3 Å². The highest BCUT2D eigenvalue weighted by Gasteiger charge is 2.30. The van der Waals surface area contributed by atoms with Crippen LogP contribution >= 0.6 is 0 Å². The van der Waals surface area contributed by atoms with Gasteiger partial charge in [-0.2, -0.15) is 0 Å². The number of halogens is 1. The molecular weight excluding hydrogens is 319 g/mol. The molecule has 1 atom stereocenters. The van der Waals surface area contributed by atoms with Crippen LogP contribution in [0.15, 0.2) is 24.3 Å². The van der Waals surface area contributed by atoms with Crippen molar-refractivity contribution in [3.05, 3.63) is 52.7 Å². The van der Waals surface area contributed by atoms with Crippen molar-refractivity contribution in [2.24, 2.45) is 0 Å². The van der Waals surface area contributed by atoms with E-state index in [1.54, 1.807) is 11.0 Å². The number of hydrogen-bond acceptors (Lipinski definition) is 4. The highest BCUT2D eigenvalue weighted by atomic mass is 19.1. The molecule has 2 aliphatic heterocycles. The van der Waals surface area contributed by atoms with Crippen LogP contribution in [-0.4, -0.2) is 29.0 Å². The Morgan fingerprint density at radius 1 is 1.32 bits per heavy atom. The second-order valence-corrected chi connectivity index (χ2v) is 6.77. The number of amides is 1. The van der Waals surface area contributed by atoms with Crippen LogP contribution in [0.5, 0.6) is 0 Å². The van der Waals surface area contributed by atoms with Gasteiger partial charge in [0.05, 0.1) is 6.54 Å². The minimum atomic E-state index is -0.293. The van der Waals surface area contributed by atoms with Crippen molar-refractivity contribution in [2.45, 2.75) is 38.6 Å². The number of aryl methyl sites for hydroxylation is 1. The van der Waals surface area contributed by atoms with Crippen molar-refractivity contribution in [3.8, 4) is 0 Å². The van der Waals surface area contributed by atoms with Crippen molar-refractivity contribution in [3.63, 3.8) is 0 Å². The van der Waals surface area contributed by atoms with E-state index in [4.69, 9.17) is 9.97 Å². The summed E-state index contributed by atoms with van der Waals surface area (Å²) in [4.78, 5) is 23.7. The van der Waals surface area contributed by atoms with Gasteiger partial charge >= 0.3 is 0 Å². The molecule has 2 aliphatic rings. The summed E-state index contributed by atoms with van der Waals surface area (Å²) < 4.78 is 13.5. The largest absolute Gasteiger partial charge is 0.316 e. The zero-order chi connectivity index (χ0) is 17.4. The Bertz CT molecular complexity index is 817. The van der Waals surface area contributed by atoms with Gasteiger partial charge in [-0.15, -0.1) is 0 Å². The van der Waals surface area contributed by atoms with Crippen LogP contribution in [0.2, 0.25) is 0 Å². The van der Waals surface area contributed by atoms with Crippen molar-refractivity contribution in [1.29, 1.82) is 0 Å². The Kier molecular flexibility index (Phi) is 4.21. The van der Waals surface area contributed by atoms with E-state index in [9.17, 15) is 9.18 Å². The highest BCUT2D eigenvalue weighted by molar-refractivity contribution is 5.95. The normalized spacial score (nSPS) is 20.0. The first kappa shape index (κ1) is 16.1. The number of fused-ring (bicyclic) bond motifs is 1. The van der Waals surface area contributed by atoms with Crippen molar-refractivity contribution in [2.75, 3.05) is 18.0 Å². The van der Waals surface area contributed by atoms with Gasteiger partial charge in [0.2, 0.25) is 5.91 Å². The topological polar surface area (TPSA) is 58.1 Å². The number of rotatable bonds is 3. The monoisotopic (exact) mass is 340 g/mol. The van der Waals surface area contributed by atoms with Crippen LogP contribution in [0.1, 0.15) is 41.4 Å². The van der Waals surface area contributed by atoms with Crippen LogP contribution in [0, 0.1) is 12.7 Å². The first-order valence-corrected chi connectivity index (χ1v) is 8.75. The fourth-order valence-electron chi connectivity index (χ4n) is 3.64. The number of nitrogens with zero attached hydrogens (tertiary/aromatic N) is 3. The number of aromatic nitrogens is 2. The summed E-state index contributed by atoms with van der Waals surface area (Å²) in [5.74, 6) is 1.54. The molecule has 0 bridgehead atoms.